The largest absolute Gasteiger partial charge is 0.497 e. The molecule has 0 unspecified atom stereocenters. The molecule has 6 heteroatoms. The molecule has 2 saturated heterocycles. The van der Waals surface area contributed by atoms with Crippen molar-refractivity contribution < 1.29 is 14.6 Å². The summed E-state index contributed by atoms with van der Waals surface area (Å²) in [5.74, 6) is 0.619. The van der Waals surface area contributed by atoms with Crippen molar-refractivity contribution in [3.05, 3.63) is 24.3 Å². The molecule has 3 N–H and O–H groups in total. The number of hydrogen-bond acceptors (Lipinski definition) is 5. The van der Waals surface area contributed by atoms with Crippen molar-refractivity contribution in [1.82, 2.24) is 4.90 Å². The van der Waals surface area contributed by atoms with Gasteiger partial charge in [0.15, 0.2) is 0 Å². The highest BCUT2D eigenvalue weighted by Gasteiger charge is 2.40. The van der Waals surface area contributed by atoms with Crippen LogP contribution in [0.3, 0.4) is 0 Å². The predicted octanol–water partition coefficient (Wildman–Crippen LogP) is 1.61. The normalized spacial score (nSPS) is 26.5. The Balaban J connectivity index is 1.56. The fourth-order valence-corrected chi connectivity index (χ4v) is 4.23. The second-order valence-electron chi connectivity index (χ2n) is 8.15. The highest BCUT2D eigenvalue weighted by atomic mass is 16.5. The molecular weight excluding hydrogens is 330 g/mol. The van der Waals surface area contributed by atoms with Gasteiger partial charge in [0.25, 0.3) is 0 Å². The van der Waals surface area contributed by atoms with Gasteiger partial charge in [-0.1, -0.05) is 0 Å². The number of primary amides is 1. The van der Waals surface area contributed by atoms with Crippen LogP contribution < -0.4 is 15.4 Å². The van der Waals surface area contributed by atoms with E-state index in [1.807, 2.05) is 19.1 Å². The zero-order valence-corrected chi connectivity index (χ0v) is 15.9. The van der Waals surface area contributed by atoms with Crippen LogP contribution in [0.25, 0.3) is 0 Å². The van der Waals surface area contributed by atoms with Crippen LogP contribution >= 0.6 is 0 Å². The first-order chi connectivity index (χ1) is 12.3. The highest BCUT2D eigenvalue weighted by Crippen LogP contribution is 2.33. The van der Waals surface area contributed by atoms with E-state index in [-0.39, 0.29) is 5.91 Å². The quantitative estimate of drug-likeness (QED) is 0.833. The van der Waals surface area contributed by atoms with Crippen LogP contribution in [-0.4, -0.2) is 61.3 Å². The van der Waals surface area contributed by atoms with Gasteiger partial charge in [-0.2, -0.15) is 0 Å². The summed E-state index contributed by atoms with van der Waals surface area (Å²) < 4.78 is 5.21. The van der Waals surface area contributed by atoms with Crippen LogP contribution in [-0.2, 0) is 4.79 Å². The molecule has 2 aliphatic heterocycles. The smallest absolute Gasteiger partial charge is 0.224 e. The maximum atomic E-state index is 11.8. The number of amides is 1. The molecule has 1 atom stereocenters. The molecule has 0 bridgehead atoms. The molecule has 3 rings (SSSR count). The second-order valence-corrected chi connectivity index (χ2v) is 8.15. The maximum absolute atomic E-state index is 11.8. The van der Waals surface area contributed by atoms with E-state index in [2.05, 4.69) is 21.9 Å². The Morgan fingerprint density at radius 3 is 2.42 bits per heavy atom. The van der Waals surface area contributed by atoms with Gasteiger partial charge < -0.3 is 20.5 Å². The van der Waals surface area contributed by atoms with Crippen LogP contribution in [0.5, 0.6) is 5.75 Å². The standard InChI is InChI=1S/C20H31N3O3/c1-19(18(21)24)8-3-11-22(14-19)15-20(25)9-12-23(13-10-20)16-4-6-17(26-2)7-5-16/h4-7,25H,3,8-15H2,1-2H3,(H2,21,24)/t19-/m1/s1. The topological polar surface area (TPSA) is 79.0 Å². The molecule has 0 radical (unpaired) electrons. The number of anilines is 1. The summed E-state index contributed by atoms with van der Waals surface area (Å²) in [6, 6.07) is 8.06. The van der Waals surface area contributed by atoms with Gasteiger partial charge in [-0.25, -0.2) is 0 Å². The number of likely N-dealkylation sites (tertiary alicyclic amines) is 1. The van der Waals surface area contributed by atoms with Gasteiger partial charge in [0.2, 0.25) is 5.91 Å². The van der Waals surface area contributed by atoms with Crippen molar-refractivity contribution in [3.63, 3.8) is 0 Å². The van der Waals surface area contributed by atoms with E-state index in [0.717, 1.165) is 56.8 Å². The summed E-state index contributed by atoms with van der Waals surface area (Å²) in [5, 5.41) is 11.1. The number of methoxy groups -OCH3 is 1. The third-order valence-corrected chi connectivity index (χ3v) is 6.02. The number of ether oxygens (including phenoxy) is 1. The molecule has 1 amide bonds. The second kappa shape index (κ2) is 7.45. The lowest BCUT2D eigenvalue weighted by Crippen LogP contribution is -2.55. The molecule has 2 fully saturated rings. The van der Waals surface area contributed by atoms with Gasteiger partial charge in [0.1, 0.15) is 5.75 Å². The molecule has 26 heavy (non-hydrogen) atoms. The number of carbonyl (C=O) groups is 1. The first kappa shape index (κ1) is 19.0. The summed E-state index contributed by atoms with van der Waals surface area (Å²) in [6.07, 6.45) is 3.24. The zero-order valence-electron chi connectivity index (χ0n) is 15.9. The van der Waals surface area contributed by atoms with Crippen molar-refractivity contribution in [1.29, 1.82) is 0 Å². The minimum atomic E-state index is -0.696. The first-order valence-corrected chi connectivity index (χ1v) is 9.47. The number of aliphatic hydroxyl groups is 1. The van der Waals surface area contributed by atoms with E-state index < -0.39 is 11.0 Å². The molecule has 1 aromatic rings. The summed E-state index contributed by atoms with van der Waals surface area (Å²) in [6.45, 7) is 5.78. The minimum Gasteiger partial charge on any atom is -0.497 e. The molecule has 1 aromatic carbocycles. The van der Waals surface area contributed by atoms with Gasteiger partial charge in [-0.15, -0.1) is 0 Å². The average molecular weight is 361 g/mol. The molecule has 2 heterocycles. The molecule has 0 spiro atoms. The van der Waals surface area contributed by atoms with Crippen molar-refractivity contribution >= 4 is 11.6 Å². The molecule has 144 valence electrons. The van der Waals surface area contributed by atoms with E-state index in [1.54, 1.807) is 7.11 Å². The summed E-state index contributed by atoms with van der Waals surface area (Å²) in [5.41, 5.74) is 5.58. The predicted molar refractivity (Wildman–Crippen MR) is 102 cm³/mol. The third-order valence-electron chi connectivity index (χ3n) is 6.02. The Bertz CT molecular complexity index is 626. The van der Waals surface area contributed by atoms with E-state index in [9.17, 15) is 9.90 Å². The van der Waals surface area contributed by atoms with Crippen LogP contribution in [0.1, 0.15) is 32.6 Å². The fraction of sp³-hybridized carbons (Fsp3) is 0.650. The molecule has 0 saturated carbocycles. The highest BCUT2D eigenvalue weighted by molar-refractivity contribution is 5.80. The monoisotopic (exact) mass is 361 g/mol. The number of carbonyl (C=O) groups excluding carboxylic acids is 1. The van der Waals surface area contributed by atoms with Gasteiger partial charge in [-0.3, -0.25) is 9.69 Å². The Kier molecular flexibility index (Phi) is 5.44. The SMILES string of the molecule is COc1ccc(N2CCC(O)(CN3CCC[C@@](C)(C(N)=O)C3)CC2)cc1. The zero-order chi connectivity index (χ0) is 18.8. The number of benzene rings is 1. The van der Waals surface area contributed by atoms with E-state index >= 15 is 0 Å². The van der Waals surface area contributed by atoms with Crippen molar-refractivity contribution in [3.8, 4) is 5.75 Å². The van der Waals surface area contributed by atoms with Crippen LogP contribution in [0.4, 0.5) is 5.69 Å². The van der Waals surface area contributed by atoms with E-state index in [1.165, 1.54) is 0 Å². The number of rotatable bonds is 5. The van der Waals surface area contributed by atoms with Crippen molar-refractivity contribution in [2.75, 3.05) is 44.7 Å². The molecule has 0 aliphatic carbocycles. The summed E-state index contributed by atoms with van der Waals surface area (Å²) in [7, 11) is 1.67. The van der Waals surface area contributed by atoms with Crippen LogP contribution in [0, 0.1) is 5.41 Å². The van der Waals surface area contributed by atoms with Crippen molar-refractivity contribution in [2.24, 2.45) is 11.1 Å². The molecule has 2 aliphatic rings. The summed E-state index contributed by atoms with van der Waals surface area (Å²) >= 11 is 0. The number of piperidine rings is 2. The minimum absolute atomic E-state index is 0.233. The lowest BCUT2D eigenvalue weighted by molar-refractivity contribution is -0.131. The lowest BCUT2D eigenvalue weighted by Gasteiger charge is -2.45. The number of nitrogens with zero attached hydrogens (tertiary/aromatic N) is 2. The lowest BCUT2D eigenvalue weighted by atomic mass is 9.80. The molecule has 6 nitrogen and oxygen atoms in total. The van der Waals surface area contributed by atoms with Gasteiger partial charge in [0, 0.05) is 31.9 Å². The Hall–Kier alpha value is -1.79. The number of nitrogens with two attached hydrogens (primary N) is 1. The average Bonchev–Trinajstić information content (AvgIpc) is 2.62. The summed E-state index contributed by atoms with van der Waals surface area (Å²) in [4.78, 5) is 16.3. The van der Waals surface area contributed by atoms with Gasteiger partial charge in [-0.05, 0) is 63.4 Å². The maximum Gasteiger partial charge on any atom is 0.224 e. The van der Waals surface area contributed by atoms with Crippen LogP contribution in [0.15, 0.2) is 24.3 Å². The first-order valence-electron chi connectivity index (χ1n) is 9.47. The Morgan fingerprint density at radius 2 is 1.85 bits per heavy atom. The van der Waals surface area contributed by atoms with Gasteiger partial charge >= 0.3 is 0 Å². The van der Waals surface area contributed by atoms with E-state index in [0.29, 0.717) is 13.1 Å². The number of β-amino-alcohol motifs (C(OH)–C–C–N with tert-alkyl or cyclic N) is 1. The fourth-order valence-electron chi connectivity index (χ4n) is 4.23. The van der Waals surface area contributed by atoms with E-state index in [4.69, 9.17) is 10.5 Å². The Labute approximate surface area is 155 Å². The van der Waals surface area contributed by atoms with Gasteiger partial charge in [0.05, 0.1) is 18.1 Å². The molecular formula is C20H31N3O3. The van der Waals surface area contributed by atoms with Crippen molar-refractivity contribution in [2.45, 2.75) is 38.2 Å². The third kappa shape index (κ3) is 4.13. The number of hydrogen-bond donors (Lipinski definition) is 2. The molecule has 0 aromatic heterocycles. The van der Waals surface area contributed by atoms with Crippen LogP contribution in [0.2, 0.25) is 0 Å². The Morgan fingerprint density at radius 1 is 1.19 bits per heavy atom.